The highest BCUT2D eigenvalue weighted by Gasteiger charge is 2.33. The van der Waals surface area contributed by atoms with Crippen molar-refractivity contribution in [2.75, 3.05) is 38.7 Å². The maximum absolute atomic E-state index is 14.2. The van der Waals surface area contributed by atoms with Crippen molar-refractivity contribution in [1.82, 2.24) is 9.80 Å². The molecule has 254 valence electrons. The van der Waals surface area contributed by atoms with Gasteiger partial charge in [-0.05, 0) is 64.2 Å². The zero-order valence-electron chi connectivity index (χ0n) is 27.0. The Labute approximate surface area is 264 Å². The summed E-state index contributed by atoms with van der Waals surface area (Å²) in [6.45, 7) is 5.75. The number of anilines is 1. The highest BCUT2D eigenvalue weighted by Crippen LogP contribution is 2.30. The molecular weight excluding hydrogens is 591 g/mol. The summed E-state index contributed by atoms with van der Waals surface area (Å²) >= 11 is 0. The molecule has 1 aromatic rings. The largest absolute Gasteiger partial charge is 0.490 e. The monoisotopic (exact) mass is 641 g/mol. The molecule has 1 aliphatic heterocycles. The Morgan fingerprint density at radius 2 is 1.80 bits per heavy atom. The number of fused-ring (bicyclic) bond motifs is 1. The van der Waals surface area contributed by atoms with Gasteiger partial charge in [0.15, 0.2) is 0 Å². The van der Waals surface area contributed by atoms with Crippen molar-refractivity contribution >= 4 is 23.4 Å². The number of hydrogen-bond acceptors (Lipinski definition) is 6. The third kappa shape index (κ3) is 11.5. The molecule has 2 aliphatic rings. The highest BCUT2D eigenvalue weighted by molar-refractivity contribution is 6.00. The lowest BCUT2D eigenvalue weighted by atomic mass is 9.88. The molecule has 0 spiro atoms. The lowest BCUT2D eigenvalue weighted by molar-refractivity contribution is -0.149. The zero-order chi connectivity index (χ0) is 33.1. The van der Waals surface area contributed by atoms with Crippen molar-refractivity contribution in [2.24, 2.45) is 11.8 Å². The Balaban J connectivity index is 1.88. The summed E-state index contributed by atoms with van der Waals surface area (Å²) in [6.07, 6.45) is -0.0793. The van der Waals surface area contributed by atoms with Crippen LogP contribution in [-0.2, 0) is 14.3 Å². The molecule has 1 aliphatic carbocycles. The minimum atomic E-state index is -4.43. The van der Waals surface area contributed by atoms with E-state index < -0.39 is 43.0 Å². The number of alkyl halides is 3. The number of carbonyl (C=O) groups excluding carboxylic acids is 3. The summed E-state index contributed by atoms with van der Waals surface area (Å²) in [5.74, 6) is -1.14. The SMILES string of the molecule is C[C@@H]1CCCCO[C@H](CN(C)C(=O)CCC(F)(F)F)[C@H](C)CN([C@H](C)CO)C(=O)c2cc(NC(=O)C3CCCCC3)ccc2O1. The van der Waals surface area contributed by atoms with Crippen molar-refractivity contribution in [3.8, 4) is 5.75 Å². The molecule has 0 saturated heterocycles. The molecule has 1 fully saturated rings. The standard InChI is InChI=1S/C33H50F3N3O6/c1-22-19-39(23(2)21-40)32(43)27-18-26(37-31(42)25-11-6-5-7-12-25)13-14-28(27)45-24(3)10-8-9-17-44-29(22)20-38(4)30(41)15-16-33(34,35)36/h13-14,18,22-25,29,40H,5-12,15-17,19-21H2,1-4H3,(H,37,42)/t22-,23-,24-,29-/m1/s1. The first-order valence-corrected chi connectivity index (χ1v) is 16.2. The van der Waals surface area contributed by atoms with E-state index in [0.29, 0.717) is 30.9 Å². The Bertz CT molecular complexity index is 1130. The summed E-state index contributed by atoms with van der Waals surface area (Å²) in [5, 5.41) is 13.1. The van der Waals surface area contributed by atoms with Crippen molar-refractivity contribution < 1.29 is 42.1 Å². The number of amides is 3. The molecule has 0 radical (unpaired) electrons. The first-order chi connectivity index (χ1) is 21.3. The van der Waals surface area contributed by atoms with E-state index in [0.717, 1.165) is 38.5 Å². The van der Waals surface area contributed by atoms with Gasteiger partial charge in [0.1, 0.15) is 5.75 Å². The van der Waals surface area contributed by atoms with Gasteiger partial charge in [0.25, 0.3) is 5.91 Å². The van der Waals surface area contributed by atoms with Crippen LogP contribution in [0.15, 0.2) is 18.2 Å². The number of hydrogen-bond donors (Lipinski definition) is 2. The fourth-order valence-electron chi connectivity index (χ4n) is 5.88. The van der Waals surface area contributed by atoms with Gasteiger partial charge < -0.3 is 29.7 Å². The topological polar surface area (TPSA) is 108 Å². The number of rotatable bonds is 8. The average molecular weight is 642 g/mol. The number of aliphatic hydroxyl groups is 1. The van der Waals surface area contributed by atoms with Crippen LogP contribution < -0.4 is 10.1 Å². The third-order valence-electron chi connectivity index (χ3n) is 8.80. The predicted octanol–water partition coefficient (Wildman–Crippen LogP) is 5.80. The molecule has 0 bridgehead atoms. The second-order valence-electron chi connectivity index (χ2n) is 12.7. The van der Waals surface area contributed by atoms with Crippen LogP contribution in [0.5, 0.6) is 5.75 Å². The molecule has 1 aromatic carbocycles. The summed E-state index contributed by atoms with van der Waals surface area (Å²) in [6, 6.07) is 4.47. The van der Waals surface area contributed by atoms with Gasteiger partial charge in [0.05, 0.1) is 36.8 Å². The maximum Gasteiger partial charge on any atom is 0.389 e. The summed E-state index contributed by atoms with van der Waals surface area (Å²) in [5.41, 5.74) is 0.740. The minimum absolute atomic E-state index is 0.0564. The average Bonchev–Trinajstić information content (AvgIpc) is 3.01. The van der Waals surface area contributed by atoms with Gasteiger partial charge in [-0.15, -0.1) is 0 Å². The number of aliphatic hydroxyl groups excluding tert-OH is 1. The second-order valence-corrected chi connectivity index (χ2v) is 12.7. The van der Waals surface area contributed by atoms with Gasteiger partial charge in [-0.3, -0.25) is 14.4 Å². The predicted molar refractivity (Wildman–Crippen MR) is 165 cm³/mol. The van der Waals surface area contributed by atoms with Crippen LogP contribution >= 0.6 is 0 Å². The Morgan fingerprint density at radius 3 is 2.47 bits per heavy atom. The quantitative estimate of drug-likeness (QED) is 0.372. The number of ether oxygens (including phenoxy) is 2. The Kier molecular flexibility index (Phi) is 14.0. The van der Waals surface area contributed by atoms with Gasteiger partial charge in [-0.2, -0.15) is 13.2 Å². The highest BCUT2D eigenvalue weighted by atomic mass is 19.4. The van der Waals surface area contributed by atoms with E-state index in [4.69, 9.17) is 9.47 Å². The van der Waals surface area contributed by atoms with Crippen molar-refractivity contribution in [2.45, 2.75) is 109 Å². The fraction of sp³-hybridized carbons (Fsp3) is 0.727. The number of nitrogens with one attached hydrogen (secondary N) is 1. The summed E-state index contributed by atoms with van der Waals surface area (Å²) < 4.78 is 50.6. The van der Waals surface area contributed by atoms with Crippen molar-refractivity contribution in [1.29, 1.82) is 0 Å². The molecule has 1 heterocycles. The fourth-order valence-corrected chi connectivity index (χ4v) is 5.88. The molecule has 1 saturated carbocycles. The second kappa shape index (κ2) is 17.2. The van der Waals surface area contributed by atoms with Crippen LogP contribution in [0.1, 0.15) is 95.3 Å². The van der Waals surface area contributed by atoms with E-state index >= 15 is 0 Å². The van der Waals surface area contributed by atoms with Crippen molar-refractivity contribution in [3.05, 3.63) is 23.8 Å². The van der Waals surface area contributed by atoms with Crippen LogP contribution in [0.2, 0.25) is 0 Å². The smallest absolute Gasteiger partial charge is 0.389 e. The van der Waals surface area contributed by atoms with Crippen LogP contribution in [0.3, 0.4) is 0 Å². The Morgan fingerprint density at radius 1 is 1.11 bits per heavy atom. The van der Waals surface area contributed by atoms with E-state index in [1.165, 1.54) is 16.8 Å². The van der Waals surface area contributed by atoms with E-state index in [1.54, 1.807) is 25.1 Å². The van der Waals surface area contributed by atoms with Gasteiger partial charge in [-0.25, -0.2) is 0 Å². The molecule has 0 unspecified atom stereocenters. The first kappa shape index (κ1) is 36.6. The molecule has 3 rings (SSSR count). The van der Waals surface area contributed by atoms with E-state index in [-0.39, 0.29) is 49.1 Å². The van der Waals surface area contributed by atoms with Gasteiger partial charge in [-0.1, -0.05) is 26.2 Å². The molecular formula is C33H50F3N3O6. The minimum Gasteiger partial charge on any atom is -0.490 e. The van der Waals surface area contributed by atoms with Crippen LogP contribution in [0, 0.1) is 11.8 Å². The van der Waals surface area contributed by atoms with E-state index in [2.05, 4.69) is 5.32 Å². The molecule has 0 aromatic heterocycles. The Hall–Kier alpha value is -2.86. The molecule has 9 nitrogen and oxygen atoms in total. The van der Waals surface area contributed by atoms with Crippen LogP contribution in [0.25, 0.3) is 0 Å². The number of nitrogens with zero attached hydrogens (tertiary/aromatic N) is 2. The zero-order valence-corrected chi connectivity index (χ0v) is 27.0. The summed E-state index contributed by atoms with van der Waals surface area (Å²) in [7, 11) is 1.46. The van der Waals surface area contributed by atoms with Gasteiger partial charge in [0.2, 0.25) is 11.8 Å². The maximum atomic E-state index is 14.2. The third-order valence-corrected chi connectivity index (χ3v) is 8.80. The van der Waals surface area contributed by atoms with Gasteiger partial charge in [0, 0.05) is 50.7 Å². The van der Waals surface area contributed by atoms with Gasteiger partial charge >= 0.3 is 6.18 Å². The molecule has 4 atom stereocenters. The molecule has 12 heteroatoms. The number of halogens is 3. The number of carbonyl (C=O) groups is 3. The molecule has 45 heavy (non-hydrogen) atoms. The normalized spacial score (nSPS) is 23.3. The summed E-state index contributed by atoms with van der Waals surface area (Å²) in [4.78, 5) is 42.5. The molecule has 3 amide bonds. The first-order valence-electron chi connectivity index (χ1n) is 16.2. The van der Waals surface area contributed by atoms with E-state index in [1.807, 2.05) is 13.8 Å². The number of benzene rings is 1. The van der Waals surface area contributed by atoms with E-state index in [9.17, 15) is 32.7 Å². The lowest BCUT2D eigenvalue weighted by Crippen LogP contribution is -2.48. The van der Waals surface area contributed by atoms with Crippen LogP contribution in [0.4, 0.5) is 18.9 Å². The van der Waals surface area contributed by atoms with Crippen LogP contribution in [-0.4, -0.2) is 90.4 Å². The molecule has 2 N–H and O–H groups in total. The van der Waals surface area contributed by atoms with Crippen molar-refractivity contribution in [3.63, 3.8) is 0 Å². The lowest BCUT2D eigenvalue weighted by Gasteiger charge is -2.36. The number of likely N-dealkylation sites (N-methyl/N-ethyl adjacent to an activating group) is 1.